The molecule has 2 aliphatic carbocycles. The fraction of sp³-hybridized carbons (Fsp3) is 0.345. The normalized spacial score (nSPS) is 16.1. The summed E-state index contributed by atoms with van der Waals surface area (Å²) in [6.07, 6.45) is 3.63. The highest BCUT2D eigenvalue weighted by Gasteiger charge is 2.48. The van der Waals surface area contributed by atoms with Crippen molar-refractivity contribution >= 4 is 57.2 Å². The Kier molecular flexibility index (Phi) is 7.88. The first-order valence-electron chi connectivity index (χ1n) is 21.8. The molecule has 0 saturated carbocycles. The van der Waals surface area contributed by atoms with E-state index in [1.807, 2.05) is 0 Å². The van der Waals surface area contributed by atoms with Crippen molar-refractivity contribution < 1.29 is 0 Å². The van der Waals surface area contributed by atoms with Crippen LogP contribution in [-0.2, 0) is 34.5 Å². The van der Waals surface area contributed by atoms with Crippen molar-refractivity contribution in [2.75, 3.05) is 9.80 Å². The first-order valence-corrected chi connectivity index (χ1v) is 21.8. The highest BCUT2D eigenvalue weighted by molar-refractivity contribution is 7.00. The van der Waals surface area contributed by atoms with Crippen LogP contribution >= 0.6 is 0 Å². The highest BCUT2D eigenvalue weighted by atomic mass is 15.2. The summed E-state index contributed by atoms with van der Waals surface area (Å²) < 4.78 is 0. The van der Waals surface area contributed by atoms with E-state index in [4.69, 9.17) is 0 Å². The fourth-order valence-corrected chi connectivity index (χ4v) is 11.0. The molecule has 0 radical (unpaired) electrons. The van der Waals surface area contributed by atoms with E-state index in [1.54, 1.807) is 16.7 Å². The standard InChI is InChI=1S/C55H59BN2/c1-33-30-46-50-47(31-33)58(39-24-19-36(20-25-39)53(5,6)7)51-43(28-27-42-48(51)41-26-16-34-14-13-15-40(34)49(41)55(42,11)12)56(50)44-32-37(54(8,9)10)21-29-45(44)57(46)38-22-17-35(18-23-38)52(2,3)4/h16-32H,13-15H2,1-12H3. The van der Waals surface area contributed by atoms with Gasteiger partial charge in [0.2, 0.25) is 0 Å². The van der Waals surface area contributed by atoms with Crippen LogP contribution in [-0.4, -0.2) is 6.71 Å². The Bertz CT molecular complexity index is 2680. The van der Waals surface area contributed by atoms with Gasteiger partial charge in [0.1, 0.15) is 0 Å². The van der Waals surface area contributed by atoms with Crippen molar-refractivity contribution in [3.63, 3.8) is 0 Å². The molecule has 3 heteroatoms. The van der Waals surface area contributed by atoms with Gasteiger partial charge in [-0.2, -0.15) is 0 Å². The molecule has 4 aliphatic rings. The van der Waals surface area contributed by atoms with E-state index in [1.165, 1.54) is 109 Å². The van der Waals surface area contributed by atoms with E-state index in [0.29, 0.717) is 0 Å². The van der Waals surface area contributed by atoms with E-state index in [9.17, 15) is 0 Å². The third kappa shape index (κ3) is 5.37. The van der Waals surface area contributed by atoms with Gasteiger partial charge in [0.25, 0.3) is 6.71 Å². The van der Waals surface area contributed by atoms with Crippen LogP contribution < -0.4 is 26.2 Å². The highest BCUT2D eigenvalue weighted by Crippen LogP contribution is 2.57. The molecule has 58 heavy (non-hydrogen) atoms. The smallest absolute Gasteiger partial charge is 0.252 e. The summed E-state index contributed by atoms with van der Waals surface area (Å²) >= 11 is 0. The largest absolute Gasteiger partial charge is 0.311 e. The van der Waals surface area contributed by atoms with Gasteiger partial charge in [-0.3, -0.25) is 0 Å². The van der Waals surface area contributed by atoms with Gasteiger partial charge >= 0.3 is 0 Å². The summed E-state index contributed by atoms with van der Waals surface area (Å²) in [7, 11) is 0. The van der Waals surface area contributed by atoms with E-state index in [2.05, 4.69) is 196 Å². The number of nitrogens with zero attached hydrogens (tertiary/aromatic N) is 2. The van der Waals surface area contributed by atoms with Crippen molar-refractivity contribution in [1.82, 2.24) is 0 Å². The van der Waals surface area contributed by atoms with E-state index in [0.717, 1.165) is 0 Å². The second-order valence-corrected chi connectivity index (χ2v) is 21.5. The minimum Gasteiger partial charge on any atom is -0.311 e. The first-order chi connectivity index (χ1) is 27.3. The maximum absolute atomic E-state index is 2.67. The molecule has 0 amide bonds. The Morgan fingerprint density at radius 3 is 1.72 bits per heavy atom. The predicted octanol–water partition coefficient (Wildman–Crippen LogP) is 12.8. The molecule has 2 heterocycles. The lowest BCUT2D eigenvalue weighted by molar-refractivity contribution is 0.590. The second-order valence-electron chi connectivity index (χ2n) is 21.5. The molecule has 0 spiro atoms. The Labute approximate surface area is 348 Å². The lowest BCUT2D eigenvalue weighted by Crippen LogP contribution is -2.61. The summed E-state index contributed by atoms with van der Waals surface area (Å²) in [6.45, 7) is 28.2. The average molecular weight is 759 g/mol. The van der Waals surface area contributed by atoms with Gasteiger partial charge in [-0.25, -0.2) is 0 Å². The number of hydrogen-bond donors (Lipinski definition) is 0. The van der Waals surface area contributed by atoms with Crippen molar-refractivity contribution in [1.29, 1.82) is 0 Å². The third-order valence-corrected chi connectivity index (χ3v) is 14.1. The summed E-state index contributed by atoms with van der Waals surface area (Å²) in [4.78, 5) is 5.23. The van der Waals surface area contributed by atoms with Crippen LogP contribution in [0.4, 0.5) is 34.1 Å². The molecule has 6 aromatic carbocycles. The van der Waals surface area contributed by atoms with E-state index >= 15 is 0 Å². The van der Waals surface area contributed by atoms with Crippen molar-refractivity contribution in [2.24, 2.45) is 0 Å². The Morgan fingerprint density at radius 1 is 0.552 bits per heavy atom. The third-order valence-electron chi connectivity index (χ3n) is 14.1. The number of anilines is 6. The Morgan fingerprint density at radius 2 is 1.12 bits per heavy atom. The number of benzene rings is 6. The van der Waals surface area contributed by atoms with Crippen LogP contribution in [0.25, 0.3) is 11.1 Å². The number of fused-ring (bicyclic) bond motifs is 10. The summed E-state index contributed by atoms with van der Waals surface area (Å²) in [5.74, 6) is 0. The zero-order chi connectivity index (χ0) is 40.8. The summed E-state index contributed by atoms with van der Waals surface area (Å²) in [6, 6.07) is 41.2. The van der Waals surface area contributed by atoms with Crippen molar-refractivity contribution in [3.8, 4) is 11.1 Å². The molecule has 0 unspecified atom stereocenters. The molecule has 292 valence electrons. The molecule has 2 nitrogen and oxygen atoms in total. The molecule has 6 aromatic rings. The lowest BCUT2D eigenvalue weighted by Gasteiger charge is -2.45. The average Bonchev–Trinajstić information content (AvgIpc) is 3.73. The number of rotatable bonds is 2. The van der Waals surface area contributed by atoms with Gasteiger partial charge in [-0.05, 0) is 151 Å². The predicted molar refractivity (Wildman–Crippen MR) is 251 cm³/mol. The minimum absolute atomic E-state index is 0.00418. The molecule has 2 aliphatic heterocycles. The quantitative estimate of drug-likeness (QED) is 0.162. The molecule has 0 atom stereocenters. The van der Waals surface area contributed by atoms with Gasteiger partial charge in [0.05, 0.1) is 0 Å². The van der Waals surface area contributed by atoms with E-state index in [-0.39, 0.29) is 28.4 Å². The van der Waals surface area contributed by atoms with Crippen LogP contribution in [0, 0.1) is 6.92 Å². The van der Waals surface area contributed by atoms with Gasteiger partial charge in [0, 0.05) is 45.1 Å². The molecular weight excluding hydrogens is 699 g/mol. The molecule has 10 rings (SSSR count). The molecule has 0 aromatic heterocycles. The summed E-state index contributed by atoms with van der Waals surface area (Å²) in [5, 5.41) is 0. The lowest BCUT2D eigenvalue weighted by atomic mass is 9.33. The molecular formula is C55H59BN2. The van der Waals surface area contributed by atoms with Gasteiger partial charge in [-0.1, -0.05) is 137 Å². The molecule has 0 saturated heterocycles. The number of hydrogen-bond acceptors (Lipinski definition) is 2. The summed E-state index contributed by atoms with van der Waals surface area (Å²) in [5.41, 5.74) is 26.2. The van der Waals surface area contributed by atoms with Gasteiger partial charge < -0.3 is 9.80 Å². The Hall–Kier alpha value is -5.02. The van der Waals surface area contributed by atoms with Crippen LogP contribution in [0.2, 0.25) is 0 Å². The molecule has 0 N–H and O–H groups in total. The number of aryl methyl sites for hydroxylation is 2. The molecule has 0 fully saturated rings. The van der Waals surface area contributed by atoms with Crippen LogP contribution in [0.3, 0.4) is 0 Å². The van der Waals surface area contributed by atoms with Crippen molar-refractivity contribution in [3.05, 3.63) is 148 Å². The second kappa shape index (κ2) is 12.3. The van der Waals surface area contributed by atoms with Gasteiger partial charge in [-0.15, -0.1) is 0 Å². The first kappa shape index (κ1) is 37.3. The van der Waals surface area contributed by atoms with E-state index < -0.39 is 0 Å². The van der Waals surface area contributed by atoms with Crippen molar-refractivity contribution in [2.45, 2.75) is 124 Å². The van der Waals surface area contributed by atoms with Crippen LogP contribution in [0.5, 0.6) is 0 Å². The fourth-order valence-electron chi connectivity index (χ4n) is 11.0. The van der Waals surface area contributed by atoms with Gasteiger partial charge in [0.15, 0.2) is 0 Å². The zero-order valence-corrected chi connectivity index (χ0v) is 36.9. The monoisotopic (exact) mass is 758 g/mol. The topological polar surface area (TPSA) is 6.48 Å². The van der Waals surface area contributed by atoms with Crippen LogP contribution in [0.15, 0.2) is 103 Å². The maximum Gasteiger partial charge on any atom is 0.252 e. The SMILES string of the molecule is Cc1cc2c3c(c1)N(c1ccc(C(C)(C)C)cc1)c1c(ccc4c1-c1ccc5c(c1C4(C)C)CCC5)B3c1cc(C(C)(C)C)ccc1N2c1ccc(C(C)(C)C)cc1. The zero-order valence-electron chi connectivity index (χ0n) is 36.9. The Balaban J connectivity index is 1.32. The van der Waals surface area contributed by atoms with Crippen LogP contribution in [0.1, 0.15) is 127 Å². The minimum atomic E-state index is -0.0882. The maximum atomic E-state index is 2.67. The molecule has 0 bridgehead atoms.